The molecular formula is C62H50B2N2. The molecule has 0 atom stereocenters. The van der Waals surface area contributed by atoms with Crippen LogP contribution >= 0.6 is 0 Å². The van der Waals surface area contributed by atoms with Gasteiger partial charge in [-0.15, -0.1) is 0 Å². The third kappa shape index (κ3) is 5.51. The lowest BCUT2D eigenvalue weighted by Crippen LogP contribution is -2.61. The van der Waals surface area contributed by atoms with Crippen molar-refractivity contribution in [3.63, 3.8) is 0 Å². The van der Waals surface area contributed by atoms with Crippen LogP contribution in [-0.2, 0) is 0 Å². The highest BCUT2D eigenvalue weighted by atomic mass is 15.0. The van der Waals surface area contributed by atoms with Gasteiger partial charge < -0.3 is 9.13 Å². The van der Waals surface area contributed by atoms with E-state index in [2.05, 4.69) is 222 Å². The highest BCUT2D eigenvalue weighted by Crippen LogP contribution is 2.40. The maximum absolute atomic E-state index is 2.65. The zero-order valence-electron chi connectivity index (χ0n) is 39.1. The second kappa shape index (κ2) is 14.1. The largest absolute Gasteiger partial charge is 0.310 e. The van der Waals surface area contributed by atoms with E-state index < -0.39 is 0 Å². The van der Waals surface area contributed by atoms with Crippen LogP contribution < -0.4 is 32.8 Å². The fraction of sp³-hybridized carbons (Fsp3) is 0.129. The first-order chi connectivity index (χ1) is 32.0. The molecule has 2 nitrogen and oxygen atoms in total. The SMILES string of the molecule is Cc1cc(C)c(B2c3cc4c(cc3-n3c5ccc(-c6ccccc6)cc5c5cc(C)cc2c53)B(c2c(C)cc(C)cc2C)c2cc(C)cc3c5cc(-c6ccccc6)ccc5n-4c23)c(C)c1. The Hall–Kier alpha value is -7.29. The van der Waals surface area contributed by atoms with Gasteiger partial charge in [0.1, 0.15) is 0 Å². The molecule has 0 radical (unpaired) electrons. The van der Waals surface area contributed by atoms with Crippen LogP contribution in [0.5, 0.6) is 0 Å². The molecule has 0 spiro atoms. The lowest BCUT2D eigenvalue weighted by atomic mass is 9.32. The maximum Gasteiger partial charge on any atom is 0.247 e. The van der Waals surface area contributed by atoms with Gasteiger partial charge in [-0.05, 0) is 148 Å². The predicted octanol–water partition coefficient (Wildman–Crippen LogP) is 11.3. The molecule has 11 aromatic rings. The fourth-order valence-electron chi connectivity index (χ4n) is 12.9. The molecule has 2 aliphatic rings. The second-order valence-corrected chi connectivity index (χ2v) is 19.8. The minimum atomic E-state index is 0.0291. The van der Waals surface area contributed by atoms with Gasteiger partial charge in [0.25, 0.3) is 0 Å². The number of benzene rings is 9. The third-order valence-electron chi connectivity index (χ3n) is 15.2. The summed E-state index contributed by atoms with van der Waals surface area (Å²) in [6, 6.07) is 60.8. The van der Waals surface area contributed by atoms with Crippen LogP contribution in [0.2, 0.25) is 0 Å². The first kappa shape index (κ1) is 39.1. The molecule has 314 valence electrons. The minimum Gasteiger partial charge on any atom is -0.310 e. The summed E-state index contributed by atoms with van der Waals surface area (Å²) >= 11 is 0. The second-order valence-electron chi connectivity index (χ2n) is 19.8. The zero-order chi connectivity index (χ0) is 44.9. The van der Waals surface area contributed by atoms with Crippen molar-refractivity contribution in [2.45, 2.75) is 55.4 Å². The van der Waals surface area contributed by atoms with Gasteiger partial charge in [0.2, 0.25) is 13.4 Å². The van der Waals surface area contributed by atoms with Crippen molar-refractivity contribution >= 4 is 89.8 Å². The Balaban J connectivity index is 1.20. The van der Waals surface area contributed by atoms with Crippen LogP contribution in [0.15, 0.2) is 158 Å². The van der Waals surface area contributed by atoms with E-state index in [-0.39, 0.29) is 13.4 Å². The summed E-state index contributed by atoms with van der Waals surface area (Å²) in [5.74, 6) is 0. The Morgan fingerprint density at radius 2 is 0.667 bits per heavy atom. The molecule has 0 saturated heterocycles. The Bertz CT molecular complexity index is 3600. The van der Waals surface area contributed by atoms with Crippen molar-refractivity contribution in [2.24, 2.45) is 0 Å². The van der Waals surface area contributed by atoms with E-state index in [0.717, 1.165) is 0 Å². The highest BCUT2D eigenvalue weighted by molar-refractivity contribution is 7.00. The van der Waals surface area contributed by atoms with Crippen molar-refractivity contribution in [1.82, 2.24) is 9.13 Å². The summed E-state index contributed by atoms with van der Waals surface area (Å²) < 4.78 is 5.29. The van der Waals surface area contributed by atoms with E-state index in [4.69, 9.17) is 0 Å². The van der Waals surface area contributed by atoms with Crippen LogP contribution in [-0.4, -0.2) is 22.6 Å². The predicted molar refractivity (Wildman–Crippen MR) is 286 cm³/mol. The molecule has 0 fully saturated rings. The summed E-state index contributed by atoms with van der Waals surface area (Å²) in [5.41, 5.74) is 31.6. The van der Waals surface area contributed by atoms with Gasteiger partial charge in [-0.25, -0.2) is 0 Å². The molecule has 0 bridgehead atoms. The molecule has 0 N–H and O–H groups in total. The molecule has 9 aromatic carbocycles. The van der Waals surface area contributed by atoms with Gasteiger partial charge in [-0.1, -0.05) is 165 Å². The minimum absolute atomic E-state index is 0.0291. The van der Waals surface area contributed by atoms with E-state index in [1.165, 1.54) is 155 Å². The number of nitrogens with zero attached hydrogens (tertiary/aromatic N) is 2. The van der Waals surface area contributed by atoms with E-state index in [1.807, 2.05) is 0 Å². The van der Waals surface area contributed by atoms with Crippen molar-refractivity contribution in [2.75, 3.05) is 0 Å². The Morgan fingerprint density at radius 3 is 1.05 bits per heavy atom. The lowest BCUT2D eigenvalue weighted by Gasteiger charge is -2.34. The Kier molecular flexibility index (Phi) is 8.36. The molecule has 0 amide bonds. The third-order valence-corrected chi connectivity index (χ3v) is 15.2. The van der Waals surface area contributed by atoms with Gasteiger partial charge in [0.05, 0.1) is 11.0 Å². The van der Waals surface area contributed by atoms with Gasteiger partial charge in [-0.2, -0.15) is 0 Å². The number of rotatable bonds is 4. The number of aryl methyl sites for hydroxylation is 8. The molecule has 13 rings (SSSR count). The fourth-order valence-corrected chi connectivity index (χ4v) is 12.9. The molecule has 0 unspecified atom stereocenters. The topological polar surface area (TPSA) is 9.86 Å². The van der Waals surface area contributed by atoms with Crippen LogP contribution in [0.1, 0.15) is 44.5 Å². The summed E-state index contributed by atoms with van der Waals surface area (Å²) in [5, 5.41) is 5.24. The summed E-state index contributed by atoms with van der Waals surface area (Å²) in [6.45, 7) is 18.5. The Morgan fingerprint density at radius 1 is 0.303 bits per heavy atom. The lowest BCUT2D eigenvalue weighted by molar-refractivity contribution is 1.16. The van der Waals surface area contributed by atoms with Crippen LogP contribution in [0.4, 0.5) is 0 Å². The zero-order valence-corrected chi connectivity index (χ0v) is 39.1. The van der Waals surface area contributed by atoms with Crippen LogP contribution in [0.25, 0.3) is 77.2 Å². The normalized spacial score (nSPS) is 12.8. The molecular weight excluding hydrogens is 794 g/mol. The van der Waals surface area contributed by atoms with Gasteiger partial charge in [-0.3, -0.25) is 0 Å². The van der Waals surface area contributed by atoms with Crippen molar-refractivity contribution in [3.05, 3.63) is 202 Å². The molecule has 0 saturated carbocycles. The van der Waals surface area contributed by atoms with Crippen molar-refractivity contribution in [3.8, 4) is 33.6 Å². The molecule has 2 aromatic heterocycles. The van der Waals surface area contributed by atoms with E-state index >= 15 is 0 Å². The van der Waals surface area contributed by atoms with Gasteiger partial charge in [0.15, 0.2) is 0 Å². The first-order valence-electron chi connectivity index (χ1n) is 23.6. The van der Waals surface area contributed by atoms with Crippen LogP contribution in [0.3, 0.4) is 0 Å². The van der Waals surface area contributed by atoms with E-state index in [1.54, 1.807) is 0 Å². The quantitative estimate of drug-likeness (QED) is 0.156. The molecule has 4 heterocycles. The van der Waals surface area contributed by atoms with Crippen molar-refractivity contribution in [1.29, 1.82) is 0 Å². The van der Waals surface area contributed by atoms with Gasteiger partial charge >= 0.3 is 0 Å². The average molecular weight is 845 g/mol. The first-order valence-corrected chi connectivity index (χ1v) is 23.6. The summed E-state index contributed by atoms with van der Waals surface area (Å²) in [4.78, 5) is 0. The smallest absolute Gasteiger partial charge is 0.247 e. The standard InChI is InChI=1S/C62H50B2N2/c1-35-23-39(5)59(40(6)24-35)63-51-33-58-52(34-57(51)65-55-21-19-45(43-15-11-9-12-16-43)31-47(55)49-27-37(3)29-53(63)61(49)65)64(60-41(7)25-36(2)26-42(60)8)54-30-38(4)28-50-48-32-46(44-17-13-10-14-18-44)20-22-56(48)66(58)62(50)54/h9-34H,1-8H3. The highest BCUT2D eigenvalue weighted by Gasteiger charge is 2.41. The number of hydrogen-bond acceptors (Lipinski definition) is 0. The van der Waals surface area contributed by atoms with E-state index in [0.29, 0.717) is 0 Å². The molecule has 4 heteroatoms. The summed E-state index contributed by atoms with van der Waals surface area (Å²) in [6.07, 6.45) is 0. The summed E-state index contributed by atoms with van der Waals surface area (Å²) in [7, 11) is 0. The molecule has 66 heavy (non-hydrogen) atoms. The number of fused-ring (bicyclic) bond motifs is 10. The number of hydrogen-bond donors (Lipinski definition) is 0. The Labute approximate surface area is 388 Å². The maximum atomic E-state index is 2.65. The average Bonchev–Trinajstić information content (AvgIpc) is 3.80. The van der Waals surface area contributed by atoms with Crippen molar-refractivity contribution < 1.29 is 0 Å². The van der Waals surface area contributed by atoms with Gasteiger partial charge in [0, 0.05) is 44.0 Å². The number of aromatic nitrogens is 2. The molecule has 2 aliphatic heterocycles. The van der Waals surface area contributed by atoms with E-state index in [9.17, 15) is 0 Å². The molecule has 0 aliphatic carbocycles. The van der Waals surface area contributed by atoms with Crippen LogP contribution in [0, 0.1) is 55.4 Å². The monoisotopic (exact) mass is 844 g/mol.